The van der Waals surface area contributed by atoms with Gasteiger partial charge in [0.15, 0.2) is 0 Å². The lowest BCUT2D eigenvalue weighted by atomic mass is 10.2. The minimum absolute atomic E-state index is 0.0341. The Balaban J connectivity index is 2.63. The lowest BCUT2D eigenvalue weighted by molar-refractivity contribution is -0.124. The summed E-state index contributed by atoms with van der Waals surface area (Å²) in [4.78, 5) is 20.9. The summed E-state index contributed by atoms with van der Waals surface area (Å²) in [5.74, 6) is -1.03. The van der Waals surface area contributed by atoms with E-state index >= 15 is 0 Å². The van der Waals surface area contributed by atoms with Crippen LogP contribution >= 0.6 is 0 Å². The summed E-state index contributed by atoms with van der Waals surface area (Å²) in [5.41, 5.74) is 4.84. The van der Waals surface area contributed by atoms with Crippen molar-refractivity contribution in [3.05, 3.63) is 0 Å². The monoisotopic (exact) mass is 144 g/mol. The second kappa shape index (κ2) is 2.26. The number of amides is 2. The molecule has 4 N–H and O–H groups in total. The van der Waals surface area contributed by atoms with Crippen LogP contribution in [0.1, 0.15) is 6.42 Å². The third kappa shape index (κ3) is 1.08. The van der Waals surface area contributed by atoms with Crippen LogP contribution in [-0.4, -0.2) is 29.1 Å². The van der Waals surface area contributed by atoms with Crippen molar-refractivity contribution < 1.29 is 14.7 Å². The molecule has 1 aliphatic heterocycles. The summed E-state index contributed by atoms with van der Waals surface area (Å²) >= 11 is 0. The van der Waals surface area contributed by atoms with Crippen molar-refractivity contribution in [3.63, 3.8) is 0 Å². The Morgan fingerprint density at radius 3 is 2.60 bits per heavy atom. The van der Waals surface area contributed by atoms with E-state index in [1.165, 1.54) is 0 Å². The van der Waals surface area contributed by atoms with Gasteiger partial charge in [0.2, 0.25) is 11.8 Å². The molecule has 2 amide bonds. The standard InChI is InChI=1S/C5H8N2O3/c6-5(10)4-2(8)1-3(9)7-4/h2,4,8H,1H2,(H2,6,10)(H,7,9). The number of primary amides is 1. The average Bonchev–Trinajstić information content (AvgIpc) is 2.10. The zero-order valence-electron chi connectivity index (χ0n) is 5.20. The van der Waals surface area contributed by atoms with Gasteiger partial charge in [0.25, 0.3) is 0 Å². The molecule has 0 aromatic carbocycles. The highest BCUT2D eigenvalue weighted by Gasteiger charge is 2.34. The van der Waals surface area contributed by atoms with E-state index in [1.54, 1.807) is 0 Å². The largest absolute Gasteiger partial charge is 0.390 e. The van der Waals surface area contributed by atoms with Crippen LogP contribution in [0.2, 0.25) is 0 Å². The van der Waals surface area contributed by atoms with Crippen LogP contribution < -0.4 is 11.1 Å². The van der Waals surface area contributed by atoms with Gasteiger partial charge in [-0.05, 0) is 0 Å². The number of aliphatic hydroxyl groups excluding tert-OH is 1. The number of rotatable bonds is 1. The summed E-state index contributed by atoms with van der Waals surface area (Å²) in [6, 6.07) is -0.896. The number of carbonyl (C=O) groups is 2. The van der Waals surface area contributed by atoms with E-state index in [1.807, 2.05) is 0 Å². The highest BCUT2D eigenvalue weighted by Crippen LogP contribution is 2.06. The quantitative estimate of drug-likeness (QED) is 0.387. The average molecular weight is 144 g/mol. The molecule has 0 saturated carbocycles. The normalized spacial score (nSPS) is 31.9. The Morgan fingerprint density at radius 2 is 2.40 bits per heavy atom. The fourth-order valence-electron chi connectivity index (χ4n) is 0.897. The molecule has 1 heterocycles. The van der Waals surface area contributed by atoms with E-state index < -0.39 is 18.1 Å². The van der Waals surface area contributed by atoms with Gasteiger partial charge in [0, 0.05) is 0 Å². The van der Waals surface area contributed by atoms with Crippen LogP contribution in [0.5, 0.6) is 0 Å². The zero-order chi connectivity index (χ0) is 7.72. The van der Waals surface area contributed by atoms with Crippen molar-refractivity contribution in [2.75, 3.05) is 0 Å². The van der Waals surface area contributed by atoms with E-state index in [9.17, 15) is 9.59 Å². The first-order valence-electron chi connectivity index (χ1n) is 2.88. The zero-order valence-corrected chi connectivity index (χ0v) is 5.20. The first-order valence-corrected chi connectivity index (χ1v) is 2.88. The second-order valence-corrected chi connectivity index (χ2v) is 2.22. The number of nitrogens with two attached hydrogens (primary N) is 1. The Hall–Kier alpha value is -1.10. The molecule has 0 spiro atoms. The highest BCUT2D eigenvalue weighted by atomic mass is 16.3. The molecule has 1 fully saturated rings. The summed E-state index contributed by atoms with van der Waals surface area (Å²) in [6.45, 7) is 0. The fourth-order valence-corrected chi connectivity index (χ4v) is 0.897. The van der Waals surface area contributed by atoms with Gasteiger partial charge in [-0.25, -0.2) is 0 Å². The molecule has 0 aromatic rings. The molecule has 5 nitrogen and oxygen atoms in total. The maximum absolute atomic E-state index is 10.5. The van der Waals surface area contributed by atoms with Gasteiger partial charge < -0.3 is 16.2 Å². The highest BCUT2D eigenvalue weighted by molar-refractivity contribution is 5.91. The summed E-state index contributed by atoms with van der Waals surface area (Å²) in [6.07, 6.45) is -0.988. The third-order valence-electron chi connectivity index (χ3n) is 1.40. The van der Waals surface area contributed by atoms with Crippen molar-refractivity contribution in [3.8, 4) is 0 Å². The molecule has 0 aliphatic carbocycles. The Kier molecular flexibility index (Phi) is 1.58. The first kappa shape index (κ1) is 7.01. The number of hydrogen-bond donors (Lipinski definition) is 3. The maximum atomic E-state index is 10.5. The molecule has 0 radical (unpaired) electrons. The Bertz CT molecular complexity index is 180. The summed E-state index contributed by atoms with van der Waals surface area (Å²) in [5, 5.41) is 11.2. The molecular formula is C5H8N2O3. The van der Waals surface area contributed by atoms with Gasteiger partial charge in [-0.2, -0.15) is 0 Å². The summed E-state index contributed by atoms with van der Waals surface area (Å²) in [7, 11) is 0. The van der Waals surface area contributed by atoms with Crippen molar-refractivity contribution in [1.82, 2.24) is 5.32 Å². The predicted molar refractivity (Wildman–Crippen MR) is 31.7 cm³/mol. The van der Waals surface area contributed by atoms with Crippen LogP contribution in [0, 0.1) is 0 Å². The van der Waals surface area contributed by atoms with Gasteiger partial charge in [0.05, 0.1) is 12.5 Å². The van der Waals surface area contributed by atoms with Crippen LogP contribution in [-0.2, 0) is 9.59 Å². The van der Waals surface area contributed by atoms with E-state index in [-0.39, 0.29) is 12.3 Å². The lowest BCUT2D eigenvalue weighted by Crippen LogP contribution is -2.43. The van der Waals surface area contributed by atoms with Crippen molar-refractivity contribution in [2.24, 2.45) is 5.73 Å². The number of carbonyl (C=O) groups excluding carboxylic acids is 2. The van der Waals surface area contributed by atoms with Crippen LogP contribution in [0.4, 0.5) is 0 Å². The van der Waals surface area contributed by atoms with Crippen LogP contribution in [0.3, 0.4) is 0 Å². The molecule has 2 atom stereocenters. The van der Waals surface area contributed by atoms with Crippen molar-refractivity contribution in [1.29, 1.82) is 0 Å². The second-order valence-electron chi connectivity index (χ2n) is 2.22. The minimum Gasteiger partial charge on any atom is -0.390 e. The summed E-state index contributed by atoms with van der Waals surface area (Å²) < 4.78 is 0. The van der Waals surface area contributed by atoms with Crippen LogP contribution in [0.15, 0.2) is 0 Å². The molecule has 1 saturated heterocycles. The van der Waals surface area contributed by atoms with Gasteiger partial charge in [-0.1, -0.05) is 0 Å². The topological polar surface area (TPSA) is 92.4 Å². The molecule has 56 valence electrons. The maximum Gasteiger partial charge on any atom is 0.242 e. The number of hydrogen-bond acceptors (Lipinski definition) is 3. The van der Waals surface area contributed by atoms with Crippen molar-refractivity contribution >= 4 is 11.8 Å². The van der Waals surface area contributed by atoms with E-state index in [0.717, 1.165) is 0 Å². The van der Waals surface area contributed by atoms with Gasteiger partial charge in [-0.3, -0.25) is 9.59 Å². The third-order valence-corrected chi connectivity index (χ3v) is 1.40. The first-order chi connectivity index (χ1) is 4.61. The molecule has 5 heteroatoms. The lowest BCUT2D eigenvalue weighted by Gasteiger charge is -2.07. The molecule has 1 rings (SSSR count). The fraction of sp³-hybridized carbons (Fsp3) is 0.600. The van der Waals surface area contributed by atoms with Crippen molar-refractivity contribution in [2.45, 2.75) is 18.6 Å². The molecule has 1 aliphatic rings. The Morgan fingerprint density at radius 1 is 1.80 bits per heavy atom. The van der Waals surface area contributed by atoms with E-state index in [0.29, 0.717) is 0 Å². The molecular weight excluding hydrogens is 136 g/mol. The molecule has 2 unspecified atom stereocenters. The van der Waals surface area contributed by atoms with Crippen LogP contribution in [0.25, 0.3) is 0 Å². The minimum atomic E-state index is -0.954. The van der Waals surface area contributed by atoms with Gasteiger partial charge in [0.1, 0.15) is 6.04 Å². The van der Waals surface area contributed by atoms with Gasteiger partial charge in [-0.15, -0.1) is 0 Å². The molecule has 0 aromatic heterocycles. The predicted octanol–water partition coefficient (Wildman–Crippen LogP) is -2.28. The number of aliphatic hydroxyl groups is 1. The number of nitrogens with one attached hydrogen (secondary N) is 1. The molecule has 0 bridgehead atoms. The smallest absolute Gasteiger partial charge is 0.242 e. The van der Waals surface area contributed by atoms with E-state index in [4.69, 9.17) is 10.8 Å². The SMILES string of the molecule is NC(=O)C1NC(=O)CC1O. The van der Waals surface area contributed by atoms with Gasteiger partial charge >= 0.3 is 0 Å². The van der Waals surface area contributed by atoms with E-state index in [2.05, 4.69) is 5.32 Å². The Labute approximate surface area is 57.2 Å². The molecule has 10 heavy (non-hydrogen) atoms.